The quantitative estimate of drug-likeness (QED) is 0.366. The summed E-state index contributed by atoms with van der Waals surface area (Å²) in [4.78, 5) is 48.4. The number of nitrogens with one attached hydrogen (secondary N) is 1. The minimum Gasteiger partial charge on any atom is -0.500 e. The lowest BCUT2D eigenvalue weighted by atomic mass is 10.1. The molecule has 2 aromatic carbocycles. The summed E-state index contributed by atoms with van der Waals surface area (Å²) in [5, 5.41) is 23.0. The summed E-state index contributed by atoms with van der Waals surface area (Å²) in [6.45, 7) is 1.53. The van der Waals surface area contributed by atoms with Crippen LogP contribution in [0.5, 0.6) is 11.5 Å². The van der Waals surface area contributed by atoms with E-state index in [1.807, 2.05) is 19.1 Å². The van der Waals surface area contributed by atoms with Gasteiger partial charge in [0.15, 0.2) is 5.75 Å². The Hall–Kier alpha value is -3.86. The van der Waals surface area contributed by atoms with Crippen molar-refractivity contribution in [3.63, 3.8) is 0 Å². The van der Waals surface area contributed by atoms with Gasteiger partial charge in [-0.2, -0.15) is 0 Å². The minimum absolute atomic E-state index is 0.0165. The Balaban J connectivity index is 1.76. The number of aromatic hydroxyl groups is 1. The summed E-state index contributed by atoms with van der Waals surface area (Å²) in [5.41, 5.74) is 1.21. The average molecular weight is 457 g/mol. The number of hydrogen-bond acceptors (Lipinski definition) is 8. The third kappa shape index (κ3) is 4.89. The number of imide groups is 1. The van der Waals surface area contributed by atoms with E-state index >= 15 is 0 Å². The van der Waals surface area contributed by atoms with Crippen molar-refractivity contribution >= 4 is 46.3 Å². The SMILES string of the molecule is CCc1ccc(NC(=O)CN2C(=O)S/C(=C/c3cc(OC)c(O)c([N+](=O)[O-])c3)C2=O)cc1. The van der Waals surface area contributed by atoms with Gasteiger partial charge < -0.3 is 15.2 Å². The Bertz CT molecular complexity index is 1130. The van der Waals surface area contributed by atoms with Gasteiger partial charge in [-0.05, 0) is 53.6 Å². The van der Waals surface area contributed by atoms with Crippen LogP contribution in [-0.2, 0) is 16.0 Å². The van der Waals surface area contributed by atoms with Crippen molar-refractivity contribution in [3.05, 3.63) is 62.5 Å². The number of carbonyl (C=O) groups is 3. The van der Waals surface area contributed by atoms with Gasteiger partial charge in [0.05, 0.1) is 16.9 Å². The maximum absolute atomic E-state index is 12.7. The molecule has 1 heterocycles. The molecule has 1 fully saturated rings. The number of rotatable bonds is 7. The molecule has 0 aromatic heterocycles. The van der Waals surface area contributed by atoms with Gasteiger partial charge in [-0.25, -0.2) is 0 Å². The molecule has 10 nitrogen and oxygen atoms in total. The van der Waals surface area contributed by atoms with Gasteiger partial charge in [0, 0.05) is 11.8 Å². The maximum Gasteiger partial charge on any atom is 0.315 e. The number of nitro groups is 1. The van der Waals surface area contributed by atoms with Crippen molar-refractivity contribution in [1.29, 1.82) is 0 Å². The topological polar surface area (TPSA) is 139 Å². The van der Waals surface area contributed by atoms with Gasteiger partial charge in [0.1, 0.15) is 6.54 Å². The Kier molecular flexibility index (Phi) is 6.79. The number of anilines is 1. The van der Waals surface area contributed by atoms with Crippen LogP contribution in [0.25, 0.3) is 6.08 Å². The van der Waals surface area contributed by atoms with Crippen molar-refractivity contribution < 1.29 is 29.2 Å². The molecular formula is C21H19N3O7S. The summed E-state index contributed by atoms with van der Waals surface area (Å²) in [6.07, 6.45) is 2.12. The van der Waals surface area contributed by atoms with Crippen molar-refractivity contribution in [2.75, 3.05) is 19.0 Å². The van der Waals surface area contributed by atoms with Gasteiger partial charge in [-0.1, -0.05) is 19.1 Å². The van der Waals surface area contributed by atoms with E-state index in [9.17, 15) is 29.6 Å². The molecule has 0 aliphatic carbocycles. The highest BCUT2D eigenvalue weighted by Crippen LogP contribution is 2.39. The van der Waals surface area contributed by atoms with Crippen LogP contribution in [0.15, 0.2) is 41.3 Å². The number of benzene rings is 2. The van der Waals surface area contributed by atoms with E-state index in [0.29, 0.717) is 17.4 Å². The van der Waals surface area contributed by atoms with Gasteiger partial charge in [0.2, 0.25) is 11.7 Å². The van der Waals surface area contributed by atoms with E-state index in [2.05, 4.69) is 5.32 Å². The monoisotopic (exact) mass is 457 g/mol. The first-order valence-corrected chi connectivity index (χ1v) is 10.2. The van der Waals surface area contributed by atoms with Crippen LogP contribution in [0.2, 0.25) is 0 Å². The Morgan fingerprint density at radius 2 is 1.97 bits per heavy atom. The molecule has 1 aliphatic rings. The smallest absolute Gasteiger partial charge is 0.315 e. The van der Waals surface area contributed by atoms with E-state index in [-0.39, 0.29) is 16.2 Å². The number of thioether (sulfide) groups is 1. The number of phenols is 1. The highest BCUT2D eigenvalue weighted by molar-refractivity contribution is 8.18. The normalized spacial score (nSPS) is 14.7. The highest BCUT2D eigenvalue weighted by Gasteiger charge is 2.36. The number of carbonyl (C=O) groups excluding carboxylic acids is 3. The number of methoxy groups -OCH3 is 1. The van der Waals surface area contributed by atoms with Gasteiger partial charge in [0.25, 0.3) is 11.1 Å². The molecule has 0 radical (unpaired) electrons. The third-order valence-electron chi connectivity index (χ3n) is 4.61. The third-order valence-corrected chi connectivity index (χ3v) is 5.52. The minimum atomic E-state index is -0.793. The Labute approximate surface area is 187 Å². The molecular weight excluding hydrogens is 438 g/mol. The van der Waals surface area contributed by atoms with E-state index in [1.165, 1.54) is 19.3 Å². The van der Waals surface area contributed by atoms with Crippen molar-refractivity contribution in [2.24, 2.45) is 0 Å². The summed E-state index contributed by atoms with van der Waals surface area (Å²) in [7, 11) is 1.23. The summed E-state index contributed by atoms with van der Waals surface area (Å²) < 4.78 is 4.93. The van der Waals surface area contributed by atoms with Crippen molar-refractivity contribution in [3.8, 4) is 11.5 Å². The fraction of sp³-hybridized carbons (Fsp3) is 0.190. The zero-order chi connectivity index (χ0) is 23.4. The summed E-state index contributed by atoms with van der Waals surface area (Å²) >= 11 is 0.607. The standard InChI is InChI=1S/C21H19N3O7S/c1-3-12-4-6-14(7-5-12)22-18(25)11-23-20(27)17(32-21(23)28)10-13-8-15(24(29)30)19(26)16(9-13)31-2/h4-10,26H,3,11H2,1-2H3,(H,22,25)/b17-10+. The largest absolute Gasteiger partial charge is 0.500 e. The molecule has 0 spiro atoms. The lowest BCUT2D eigenvalue weighted by molar-refractivity contribution is -0.386. The molecule has 1 saturated heterocycles. The van der Waals surface area contributed by atoms with Gasteiger partial charge >= 0.3 is 5.69 Å². The second-order valence-electron chi connectivity index (χ2n) is 6.71. The van der Waals surface area contributed by atoms with Gasteiger partial charge in [-0.3, -0.25) is 29.4 Å². The van der Waals surface area contributed by atoms with E-state index in [1.54, 1.807) is 12.1 Å². The van der Waals surface area contributed by atoms with Crippen LogP contribution in [-0.4, -0.2) is 45.6 Å². The van der Waals surface area contributed by atoms with E-state index in [0.717, 1.165) is 23.0 Å². The lowest BCUT2D eigenvalue weighted by Crippen LogP contribution is -2.36. The predicted molar refractivity (Wildman–Crippen MR) is 118 cm³/mol. The lowest BCUT2D eigenvalue weighted by Gasteiger charge is -2.12. The number of hydrogen-bond donors (Lipinski definition) is 2. The number of aryl methyl sites for hydroxylation is 1. The van der Waals surface area contributed by atoms with Crippen LogP contribution in [0.3, 0.4) is 0 Å². The van der Waals surface area contributed by atoms with Gasteiger partial charge in [-0.15, -0.1) is 0 Å². The molecule has 11 heteroatoms. The Morgan fingerprint density at radius 3 is 2.56 bits per heavy atom. The number of nitrogens with zero attached hydrogens (tertiary/aromatic N) is 2. The first-order valence-electron chi connectivity index (χ1n) is 9.43. The molecule has 0 atom stereocenters. The summed E-state index contributed by atoms with van der Waals surface area (Å²) in [6, 6.07) is 9.54. The molecule has 0 bridgehead atoms. The molecule has 0 saturated carbocycles. The number of ether oxygens (including phenoxy) is 1. The molecule has 3 rings (SSSR count). The predicted octanol–water partition coefficient (Wildman–Crippen LogP) is 3.55. The molecule has 166 valence electrons. The zero-order valence-corrected chi connectivity index (χ0v) is 18.0. The van der Waals surface area contributed by atoms with Crippen LogP contribution in [0.1, 0.15) is 18.1 Å². The second-order valence-corrected chi connectivity index (χ2v) is 7.71. The van der Waals surface area contributed by atoms with Crippen LogP contribution in [0.4, 0.5) is 16.2 Å². The average Bonchev–Trinajstić information content (AvgIpc) is 3.02. The highest BCUT2D eigenvalue weighted by atomic mass is 32.2. The molecule has 3 amide bonds. The number of nitro benzene ring substituents is 1. The van der Waals surface area contributed by atoms with Crippen LogP contribution >= 0.6 is 11.8 Å². The molecule has 32 heavy (non-hydrogen) atoms. The van der Waals surface area contributed by atoms with Crippen molar-refractivity contribution in [2.45, 2.75) is 13.3 Å². The van der Waals surface area contributed by atoms with Crippen molar-refractivity contribution in [1.82, 2.24) is 4.90 Å². The summed E-state index contributed by atoms with van der Waals surface area (Å²) in [5.74, 6) is -2.05. The van der Waals surface area contributed by atoms with Crippen LogP contribution < -0.4 is 10.1 Å². The fourth-order valence-corrected chi connectivity index (χ4v) is 3.79. The fourth-order valence-electron chi connectivity index (χ4n) is 2.95. The van der Waals surface area contributed by atoms with E-state index in [4.69, 9.17) is 4.74 Å². The molecule has 2 N–H and O–H groups in total. The maximum atomic E-state index is 12.7. The molecule has 1 aliphatic heterocycles. The number of amides is 3. The van der Waals surface area contributed by atoms with Crippen LogP contribution in [0, 0.1) is 10.1 Å². The Morgan fingerprint density at radius 1 is 1.28 bits per heavy atom. The first kappa shape index (κ1) is 22.8. The molecule has 2 aromatic rings. The second kappa shape index (κ2) is 9.52. The first-order chi connectivity index (χ1) is 15.2. The molecule has 0 unspecified atom stereocenters. The number of phenolic OH excluding ortho intramolecular Hbond substituents is 1. The van der Waals surface area contributed by atoms with E-state index < -0.39 is 40.0 Å². The zero-order valence-electron chi connectivity index (χ0n) is 17.2.